The summed E-state index contributed by atoms with van der Waals surface area (Å²) in [5.74, 6) is -0.358. The second-order valence-corrected chi connectivity index (χ2v) is 9.33. The summed E-state index contributed by atoms with van der Waals surface area (Å²) >= 11 is 5.80. The monoisotopic (exact) mass is 421 g/mol. The lowest BCUT2D eigenvalue weighted by Crippen LogP contribution is -2.38. The molecule has 0 unspecified atom stereocenters. The van der Waals surface area contributed by atoms with Crippen LogP contribution in [0.5, 0.6) is 0 Å². The first kappa shape index (κ1) is 20.6. The predicted molar refractivity (Wildman–Crippen MR) is 111 cm³/mol. The molecule has 2 aromatic rings. The number of rotatable bonds is 7. The van der Waals surface area contributed by atoms with E-state index in [1.165, 1.54) is 49.8 Å². The van der Waals surface area contributed by atoms with E-state index < -0.39 is 10.0 Å². The Morgan fingerprint density at radius 2 is 1.68 bits per heavy atom. The Morgan fingerprint density at radius 1 is 1.07 bits per heavy atom. The summed E-state index contributed by atoms with van der Waals surface area (Å²) < 4.78 is 26.1. The number of sulfonamides is 1. The van der Waals surface area contributed by atoms with E-state index in [-0.39, 0.29) is 17.3 Å². The van der Waals surface area contributed by atoms with Crippen LogP contribution >= 0.6 is 11.6 Å². The number of carbonyl (C=O) groups excluding carboxylic acids is 1. The Labute approximate surface area is 171 Å². The molecule has 0 atom stereocenters. The standard InChI is InChI=1S/C20H24ClN3O3S/c1-23(28(26,27)19-10-6-17(21)7-11-19)15-20(25)22-14-16-4-8-18(9-5-16)24-12-2-3-13-24/h4-11H,2-3,12-15H2,1H3,(H,22,25). The number of likely N-dealkylation sites (N-methyl/N-ethyl adjacent to an activating group) is 1. The number of halogens is 1. The van der Waals surface area contributed by atoms with Crippen molar-refractivity contribution in [2.75, 3.05) is 31.6 Å². The van der Waals surface area contributed by atoms with Crippen molar-refractivity contribution in [2.24, 2.45) is 0 Å². The van der Waals surface area contributed by atoms with Gasteiger partial charge in [0.05, 0.1) is 11.4 Å². The molecule has 1 saturated heterocycles. The molecule has 3 rings (SSSR count). The average Bonchev–Trinajstić information content (AvgIpc) is 3.22. The lowest BCUT2D eigenvalue weighted by molar-refractivity contribution is -0.121. The zero-order valence-corrected chi connectivity index (χ0v) is 17.3. The number of hydrogen-bond donors (Lipinski definition) is 1. The molecule has 0 radical (unpaired) electrons. The van der Waals surface area contributed by atoms with Crippen LogP contribution in [-0.2, 0) is 21.4 Å². The van der Waals surface area contributed by atoms with E-state index in [2.05, 4.69) is 22.3 Å². The van der Waals surface area contributed by atoms with Gasteiger partial charge in [-0.1, -0.05) is 23.7 Å². The number of hydrogen-bond acceptors (Lipinski definition) is 4. The third kappa shape index (κ3) is 5.04. The van der Waals surface area contributed by atoms with E-state index in [4.69, 9.17) is 11.6 Å². The smallest absolute Gasteiger partial charge is 0.243 e. The van der Waals surface area contributed by atoms with Crippen molar-refractivity contribution >= 4 is 33.2 Å². The highest BCUT2D eigenvalue weighted by molar-refractivity contribution is 7.89. The van der Waals surface area contributed by atoms with Crippen molar-refractivity contribution in [1.29, 1.82) is 0 Å². The minimum absolute atomic E-state index is 0.102. The summed E-state index contributed by atoms with van der Waals surface area (Å²) in [5.41, 5.74) is 2.17. The number of anilines is 1. The molecule has 1 amide bonds. The number of nitrogens with one attached hydrogen (secondary N) is 1. The van der Waals surface area contributed by atoms with Crippen LogP contribution in [0.3, 0.4) is 0 Å². The second kappa shape index (κ2) is 8.94. The van der Waals surface area contributed by atoms with Gasteiger partial charge in [-0.25, -0.2) is 8.42 Å². The Morgan fingerprint density at radius 3 is 2.29 bits per heavy atom. The SMILES string of the molecule is CN(CC(=O)NCc1ccc(N2CCCC2)cc1)S(=O)(=O)c1ccc(Cl)cc1. The summed E-state index contributed by atoms with van der Waals surface area (Å²) in [6.07, 6.45) is 2.45. The van der Waals surface area contributed by atoms with Crippen LogP contribution in [0.2, 0.25) is 5.02 Å². The summed E-state index contributed by atoms with van der Waals surface area (Å²) in [4.78, 5) is 14.6. The minimum Gasteiger partial charge on any atom is -0.372 e. The first-order valence-electron chi connectivity index (χ1n) is 9.19. The lowest BCUT2D eigenvalue weighted by atomic mass is 10.2. The summed E-state index contributed by atoms with van der Waals surface area (Å²) in [5, 5.41) is 3.23. The summed E-state index contributed by atoms with van der Waals surface area (Å²) in [7, 11) is -2.36. The first-order valence-corrected chi connectivity index (χ1v) is 11.0. The van der Waals surface area contributed by atoms with E-state index in [1.807, 2.05) is 12.1 Å². The van der Waals surface area contributed by atoms with E-state index in [1.54, 1.807) is 0 Å². The first-order chi connectivity index (χ1) is 13.4. The van der Waals surface area contributed by atoms with E-state index >= 15 is 0 Å². The molecular formula is C20H24ClN3O3S. The van der Waals surface area contributed by atoms with Gasteiger partial charge >= 0.3 is 0 Å². The lowest BCUT2D eigenvalue weighted by Gasteiger charge is -2.18. The van der Waals surface area contributed by atoms with Crippen LogP contribution in [-0.4, -0.2) is 45.3 Å². The van der Waals surface area contributed by atoms with Gasteiger partial charge in [0.15, 0.2) is 0 Å². The van der Waals surface area contributed by atoms with Crippen molar-refractivity contribution < 1.29 is 13.2 Å². The Balaban J connectivity index is 1.52. The average molecular weight is 422 g/mol. The zero-order valence-electron chi connectivity index (χ0n) is 15.8. The molecule has 2 aromatic carbocycles. The zero-order chi connectivity index (χ0) is 20.1. The topological polar surface area (TPSA) is 69.7 Å². The van der Waals surface area contributed by atoms with Crippen LogP contribution in [0.15, 0.2) is 53.4 Å². The Hall–Kier alpha value is -2.09. The van der Waals surface area contributed by atoms with Crippen molar-refractivity contribution in [2.45, 2.75) is 24.3 Å². The van der Waals surface area contributed by atoms with Crippen molar-refractivity contribution in [3.63, 3.8) is 0 Å². The van der Waals surface area contributed by atoms with Gasteiger partial charge in [0, 0.05) is 37.4 Å². The fraction of sp³-hybridized carbons (Fsp3) is 0.350. The van der Waals surface area contributed by atoms with Crippen molar-refractivity contribution in [3.8, 4) is 0 Å². The van der Waals surface area contributed by atoms with Crippen LogP contribution in [0.25, 0.3) is 0 Å². The van der Waals surface area contributed by atoms with Crippen LogP contribution in [0.1, 0.15) is 18.4 Å². The van der Waals surface area contributed by atoms with Gasteiger partial charge < -0.3 is 10.2 Å². The highest BCUT2D eigenvalue weighted by atomic mass is 35.5. The van der Waals surface area contributed by atoms with Gasteiger partial charge in [-0.3, -0.25) is 4.79 Å². The molecule has 1 heterocycles. The van der Waals surface area contributed by atoms with Crippen LogP contribution in [0, 0.1) is 0 Å². The second-order valence-electron chi connectivity index (χ2n) is 6.85. The third-order valence-corrected chi connectivity index (χ3v) is 6.85. The largest absolute Gasteiger partial charge is 0.372 e. The van der Waals surface area contributed by atoms with Crippen LogP contribution in [0.4, 0.5) is 5.69 Å². The molecule has 0 spiro atoms. The molecule has 1 aliphatic rings. The molecule has 0 bridgehead atoms. The molecule has 0 aromatic heterocycles. The van der Waals surface area contributed by atoms with Crippen molar-refractivity contribution in [1.82, 2.24) is 9.62 Å². The Kier molecular flexibility index (Phi) is 6.59. The maximum atomic E-state index is 12.5. The number of amides is 1. The predicted octanol–water partition coefficient (Wildman–Crippen LogP) is 2.88. The highest BCUT2D eigenvalue weighted by Crippen LogP contribution is 2.20. The highest BCUT2D eigenvalue weighted by Gasteiger charge is 2.22. The molecule has 1 fully saturated rings. The van der Waals surface area contributed by atoms with Gasteiger partial charge in [0.2, 0.25) is 15.9 Å². The molecule has 0 aliphatic carbocycles. The molecule has 28 heavy (non-hydrogen) atoms. The fourth-order valence-corrected chi connectivity index (χ4v) is 4.38. The maximum absolute atomic E-state index is 12.5. The number of benzene rings is 2. The number of carbonyl (C=O) groups is 1. The van der Waals surface area contributed by atoms with Gasteiger partial charge in [0.25, 0.3) is 0 Å². The Bertz CT molecular complexity index is 909. The third-order valence-electron chi connectivity index (χ3n) is 4.79. The molecule has 150 valence electrons. The van der Waals surface area contributed by atoms with E-state index in [0.717, 1.165) is 23.0 Å². The van der Waals surface area contributed by atoms with E-state index in [0.29, 0.717) is 11.6 Å². The van der Waals surface area contributed by atoms with Gasteiger partial charge in [0.1, 0.15) is 0 Å². The number of nitrogens with zero attached hydrogens (tertiary/aromatic N) is 2. The minimum atomic E-state index is -3.74. The molecule has 0 saturated carbocycles. The van der Waals surface area contributed by atoms with Gasteiger partial charge in [-0.2, -0.15) is 4.31 Å². The van der Waals surface area contributed by atoms with Crippen molar-refractivity contribution in [3.05, 3.63) is 59.1 Å². The molecular weight excluding hydrogens is 398 g/mol. The maximum Gasteiger partial charge on any atom is 0.243 e. The molecule has 1 N–H and O–H groups in total. The van der Waals surface area contributed by atoms with E-state index in [9.17, 15) is 13.2 Å². The van der Waals surface area contributed by atoms with Gasteiger partial charge in [-0.05, 0) is 54.8 Å². The molecule has 1 aliphatic heterocycles. The normalized spacial score (nSPS) is 14.5. The van der Waals surface area contributed by atoms with Gasteiger partial charge in [-0.15, -0.1) is 0 Å². The quantitative estimate of drug-likeness (QED) is 0.746. The molecule has 6 nitrogen and oxygen atoms in total. The summed E-state index contributed by atoms with van der Waals surface area (Å²) in [6, 6.07) is 14.0. The summed E-state index contributed by atoms with van der Waals surface area (Å²) in [6.45, 7) is 2.28. The fourth-order valence-electron chi connectivity index (χ4n) is 3.13. The van der Waals surface area contributed by atoms with Crippen LogP contribution < -0.4 is 10.2 Å². The molecule has 8 heteroatoms.